The number of nitrogens with zero attached hydrogens (tertiary/aromatic N) is 1. The molecule has 0 aliphatic carbocycles. The van der Waals surface area contributed by atoms with Gasteiger partial charge in [0.25, 0.3) is 0 Å². The average Bonchev–Trinajstić information content (AvgIpc) is 2.77. The van der Waals surface area contributed by atoms with Gasteiger partial charge in [-0.2, -0.15) is 0 Å². The molecule has 0 radical (unpaired) electrons. The summed E-state index contributed by atoms with van der Waals surface area (Å²) in [4.78, 5) is 0. The van der Waals surface area contributed by atoms with Crippen LogP contribution in [0.3, 0.4) is 0 Å². The quantitative estimate of drug-likeness (QED) is 0.476. The molecule has 0 atom stereocenters. The third kappa shape index (κ3) is 1.48. The maximum atomic E-state index is 8.55. The van der Waals surface area contributed by atoms with Crippen molar-refractivity contribution in [1.82, 2.24) is 0 Å². The second-order valence-corrected chi connectivity index (χ2v) is 3.01. The van der Waals surface area contributed by atoms with Gasteiger partial charge in [-0.15, -0.1) is 0 Å². The molecule has 0 saturated carbocycles. The number of benzene rings is 1. The van der Waals surface area contributed by atoms with Gasteiger partial charge in [0.05, 0.1) is 20.4 Å². The summed E-state index contributed by atoms with van der Waals surface area (Å²) < 4.78 is 20.9. The number of methoxy groups -OCH3 is 2. The zero-order valence-electron chi connectivity index (χ0n) is 8.89. The minimum absolute atomic E-state index is 0.113. The van der Waals surface area contributed by atoms with E-state index < -0.39 is 0 Å². The van der Waals surface area contributed by atoms with Crippen LogP contribution in [0.2, 0.25) is 0 Å². The lowest BCUT2D eigenvalue weighted by Gasteiger charge is -2.10. The molecular formula is C10H11NO5. The fourth-order valence-corrected chi connectivity index (χ4v) is 1.55. The largest absolute Gasteiger partial charge is 0.493 e. The molecule has 0 bridgehead atoms. The van der Waals surface area contributed by atoms with Crippen LogP contribution < -0.4 is 18.9 Å². The number of hydrogen-bond donors (Lipinski definition) is 1. The fourth-order valence-electron chi connectivity index (χ4n) is 1.55. The summed E-state index contributed by atoms with van der Waals surface area (Å²) in [5, 5.41) is 11.5. The minimum Gasteiger partial charge on any atom is -0.493 e. The zero-order valence-corrected chi connectivity index (χ0v) is 8.89. The van der Waals surface area contributed by atoms with E-state index in [1.807, 2.05) is 0 Å². The second-order valence-electron chi connectivity index (χ2n) is 3.01. The molecule has 0 aromatic heterocycles. The van der Waals surface area contributed by atoms with Gasteiger partial charge in [0, 0.05) is 5.56 Å². The molecule has 1 aliphatic rings. The van der Waals surface area contributed by atoms with Crippen LogP contribution in [0, 0.1) is 0 Å². The van der Waals surface area contributed by atoms with Gasteiger partial charge >= 0.3 is 0 Å². The predicted molar refractivity (Wildman–Crippen MR) is 55.0 cm³/mol. The van der Waals surface area contributed by atoms with Gasteiger partial charge < -0.3 is 24.2 Å². The van der Waals surface area contributed by atoms with E-state index in [0.717, 1.165) is 0 Å². The van der Waals surface area contributed by atoms with Crippen LogP contribution in [0.25, 0.3) is 0 Å². The first-order valence-corrected chi connectivity index (χ1v) is 4.53. The molecule has 0 unspecified atom stereocenters. The minimum atomic E-state index is 0.113. The van der Waals surface area contributed by atoms with E-state index in [-0.39, 0.29) is 6.79 Å². The van der Waals surface area contributed by atoms with E-state index in [0.29, 0.717) is 28.6 Å². The molecule has 1 aromatic carbocycles. The van der Waals surface area contributed by atoms with Crippen LogP contribution in [0.15, 0.2) is 11.2 Å². The Labute approximate surface area is 92.0 Å². The summed E-state index contributed by atoms with van der Waals surface area (Å²) in [6.07, 6.45) is 1.24. The number of oxime groups is 1. The molecule has 2 rings (SSSR count). The van der Waals surface area contributed by atoms with Gasteiger partial charge in [-0.1, -0.05) is 5.16 Å². The van der Waals surface area contributed by atoms with Crippen LogP contribution in [0.1, 0.15) is 5.56 Å². The monoisotopic (exact) mass is 225 g/mol. The van der Waals surface area contributed by atoms with Crippen molar-refractivity contribution in [3.05, 3.63) is 11.6 Å². The summed E-state index contributed by atoms with van der Waals surface area (Å²) in [7, 11) is 3.02. The SMILES string of the molecule is COc1cc(/C=N\O)c(OC)c2c1OCO2. The number of fused-ring (bicyclic) bond motifs is 1. The Kier molecular flexibility index (Phi) is 2.72. The highest BCUT2D eigenvalue weighted by molar-refractivity contribution is 5.87. The molecule has 1 N–H and O–H groups in total. The maximum Gasteiger partial charge on any atom is 0.231 e. The molecule has 0 amide bonds. The molecule has 1 aliphatic heterocycles. The number of rotatable bonds is 3. The van der Waals surface area contributed by atoms with E-state index in [4.69, 9.17) is 24.2 Å². The summed E-state index contributed by atoms with van der Waals surface area (Å²) in [5.41, 5.74) is 0.547. The maximum absolute atomic E-state index is 8.55. The third-order valence-corrected chi connectivity index (χ3v) is 2.21. The van der Waals surface area contributed by atoms with Gasteiger partial charge in [0.1, 0.15) is 0 Å². The van der Waals surface area contributed by atoms with Crippen LogP contribution in [-0.4, -0.2) is 32.4 Å². The highest BCUT2D eigenvalue weighted by Gasteiger charge is 2.26. The highest BCUT2D eigenvalue weighted by Crippen LogP contribution is 2.48. The predicted octanol–water partition coefficient (Wildman–Crippen LogP) is 1.24. The molecule has 6 nitrogen and oxygen atoms in total. The standard InChI is InChI=1S/C10H11NO5/c1-13-7-3-6(4-11-12)8(14-2)10-9(7)15-5-16-10/h3-4,12H,5H2,1-2H3/b11-4-. The zero-order chi connectivity index (χ0) is 11.5. The van der Waals surface area contributed by atoms with E-state index >= 15 is 0 Å². The Morgan fingerprint density at radius 1 is 1.31 bits per heavy atom. The molecule has 0 saturated heterocycles. The molecule has 1 heterocycles. The normalized spacial score (nSPS) is 13.1. The fraction of sp³-hybridized carbons (Fsp3) is 0.300. The molecule has 0 fully saturated rings. The average molecular weight is 225 g/mol. The van der Waals surface area contributed by atoms with Gasteiger partial charge in [0.15, 0.2) is 11.5 Å². The van der Waals surface area contributed by atoms with E-state index in [2.05, 4.69) is 5.16 Å². The van der Waals surface area contributed by atoms with Crippen LogP contribution in [0.5, 0.6) is 23.0 Å². The Bertz CT molecular complexity index is 430. The van der Waals surface area contributed by atoms with Crippen molar-refractivity contribution in [3.63, 3.8) is 0 Å². The Morgan fingerprint density at radius 3 is 2.69 bits per heavy atom. The lowest BCUT2D eigenvalue weighted by molar-refractivity contribution is 0.168. The van der Waals surface area contributed by atoms with Crippen molar-refractivity contribution >= 4 is 6.21 Å². The smallest absolute Gasteiger partial charge is 0.231 e. The van der Waals surface area contributed by atoms with Crippen molar-refractivity contribution in [2.24, 2.45) is 5.16 Å². The van der Waals surface area contributed by atoms with Crippen molar-refractivity contribution in [2.75, 3.05) is 21.0 Å². The second kappa shape index (κ2) is 4.18. The van der Waals surface area contributed by atoms with Crippen LogP contribution >= 0.6 is 0 Å². The Morgan fingerprint density at radius 2 is 2.06 bits per heavy atom. The molecule has 1 aromatic rings. The lowest BCUT2D eigenvalue weighted by Crippen LogP contribution is -1.95. The summed E-state index contributed by atoms with van der Waals surface area (Å²) in [5.74, 6) is 1.90. The Hall–Kier alpha value is -2.11. The summed E-state index contributed by atoms with van der Waals surface area (Å²) >= 11 is 0. The first-order valence-electron chi connectivity index (χ1n) is 4.53. The number of hydrogen-bond acceptors (Lipinski definition) is 6. The van der Waals surface area contributed by atoms with E-state index in [1.54, 1.807) is 6.07 Å². The molecule has 86 valence electrons. The Balaban J connectivity index is 2.62. The summed E-state index contributed by atoms with van der Waals surface area (Å²) in [6.45, 7) is 0.113. The number of ether oxygens (including phenoxy) is 4. The van der Waals surface area contributed by atoms with Crippen LogP contribution in [-0.2, 0) is 0 Å². The van der Waals surface area contributed by atoms with Gasteiger partial charge in [-0.3, -0.25) is 0 Å². The van der Waals surface area contributed by atoms with Crippen molar-refractivity contribution < 1.29 is 24.2 Å². The van der Waals surface area contributed by atoms with Gasteiger partial charge in [0.2, 0.25) is 18.3 Å². The first kappa shape index (κ1) is 10.4. The third-order valence-electron chi connectivity index (χ3n) is 2.21. The van der Waals surface area contributed by atoms with Crippen LogP contribution in [0.4, 0.5) is 0 Å². The van der Waals surface area contributed by atoms with Crippen molar-refractivity contribution in [1.29, 1.82) is 0 Å². The van der Waals surface area contributed by atoms with Crippen molar-refractivity contribution in [3.8, 4) is 23.0 Å². The molecule has 0 spiro atoms. The molecule has 16 heavy (non-hydrogen) atoms. The van der Waals surface area contributed by atoms with Gasteiger partial charge in [-0.05, 0) is 6.07 Å². The molecular weight excluding hydrogens is 214 g/mol. The highest BCUT2D eigenvalue weighted by atomic mass is 16.7. The molecule has 6 heteroatoms. The topological polar surface area (TPSA) is 69.5 Å². The van der Waals surface area contributed by atoms with Gasteiger partial charge in [-0.25, -0.2) is 0 Å². The lowest BCUT2D eigenvalue weighted by atomic mass is 10.1. The van der Waals surface area contributed by atoms with Crippen molar-refractivity contribution in [2.45, 2.75) is 0 Å². The summed E-state index contributed by atoms with van der Waals surface area (Å²) in [6, 6.07) is 1.64. The van der Waals surface area contributed by atoms with E-state index in [1.165, 1.54) is 20.4 Å². The van der Waals surface area contributed by atoms with E-state index in [9.17, 15) is 0 Å². The first-order chi connectivity index (χ1) is 7.81.